The molecule has 0 spiro atoms. The minimum absolute atomic E-state index is 0.0639. The number of rotatable bonds is 4. The fraction of sp³-hybridized carbons (Fsp3) is 0.385. The molecule has 90 valence electrons. The van der Waals surface area contributed by atoms with Gasteiger partial charge in [0.25, 0.3) is 0 Å². The molecule has 1 unspecified atom stereocenters. The third kappa shape index (κ3) is 3.56. The summed E-state index contributed by atoms with van der Waals surface area (Å²) < 4.78 is 13.1. The van der Waals surface area contributed by atoms with E-state index in [0.29, 0.717) is 5.69 Å². The number of hydrogen-bond acceptors (Lipinski definition) is 2. The smallest absolute Gasteiger partial charge is 0.227 e. The number of nitriles is 1. The lowest BCUT2D eigenvalue weighted by molar-refractivity contribution is -0.119. The first-order valence-electron chi connectivity index (χ1n) is 5.59. The fourth-order valence-electron chi connectivity index (χ4n) is 1.52. The Labute approximate surface area is 100 Å². The fourth-order valence-corrected chi connectivity index (χ4v) is 1.52. The molecule has 0 saturated carbocycles. The second-order valence-corrected chi connectivity index (χ2v) is 3.99. The molecule has 0 heterocycles. The van der Waals surface area contributed by atoms with Crippen LogP contribution in [0.15, 0.2) is 18.2 Å². The van der Waals surface area contributed by atoms with E-state index in [9.17, 15) is 9.18 Å². The summed E-state index contributed by atoms with van der Waals surface area (Å²) in [6.07, 6.45) is 1.74. The molecule has 17 heavy (non-hydrogen) atoms. The Morgan fingerprint density at radius 1 is 1.59 bits per heavy atom. The van der Waals surface area contributed by atoms with E-state index in [1.54, 1.807) is 6.07 Å². The van der Waals surface area contributed by atoms with Gasteiger partial charge in [0.2, 0.25) is 5.91 Å². The van der Waals surface area contributed by atoms with Crippen molar-refractivity contribution in [1.29, 1.82) is 5.26 Å². The van der Waals surface area contributed by atoms with Crippen LogP contribution in [0.5, 0.6) is 0 Å². The lowest BCUT2D eigenvalue weighted by Gasteiger charge is -2.11. The Balaban J connectivity index is 2.76. The average molecular weight is 234 g/mol. The molecular weight excluding hydrogens is 219 g/mol. The van der Waals surface area contributed by atoms with E-state index < -0.39 is 5.82 Å². The number of carbonyl (C=O) groups excluding carboxylic acids is 1. The van der Waals surface area contributed by atoms with Crippen molar-refractivity contribution in [2.75, 3.05) is 5.32 Å². The van der Waals surface area contributed by atoms with Crippen LogP contribution in [0, 0.1) is 23.1 Å². The van der Waals surface area contributed by atoms with Gasteiger partial charge in [-0.2, -0.15) is 5.26 Å². The van der Waals surface area contributed by atoms with Crippen LogP contribution in [-0.2, 0) is 4.79 Å². The number of anilines is 1. The molecule has 1 amide bonds. The largest absolute Gasteiger partial charge is 0.326 e. The van der Waals surface area contributed by atoms with Crippen molar-refractivity contribution in [1.82, 2.24) is 0 Å². The molecule has 0 aliphatic rings. The molecule has 1 N–H and O–H groups in total. The van der Waals surface area contributed by atoms with E-state index in [0.717, 1.165) is 12.8 Å². The number of hydrogen-bond donors (Lipinski definition) is 1. The van der Waals surface area contributed by atoms with Crippen LogP contribution >= 0.6 is 0 Å². The molecule has 0 aliphatic heterocycles. The molecule has 0 aliphatic carbocycles. The van der Waals surface area contributed by atoms with E-state index in [1.165, 1.54) is 18.2 Å². The van der Waals surface area contributed by atoms with Gasteiger partial charge < -0.3 is 5.32 Å². The van der Waals surface area contributed by atoms with Crippen LogP contribution in [0.25, 0.3) is 0 Å². The summed E-state index contributed by atoms with van der Waals surface area (Å²) in [5, 5.41) is 11.3. The predicted octanol–water partition coefficient (Wildman–Crippen LogP) is 3.07. The molecule has 1 aromatic carbocycles. The van der Waals surface area contributed by atoms with Crippen molar-refractivity contribution in [3.05, 3.63) is 29.6 Å². The van der Waals surface area contributed by atoms with Crippen LogP contribution in [0.1, 0.15) is 32.3 Å². The number of benzene rings is 1. The quantitative estimate of drug-likeness (QED) is 0.870. The number of nitrogens with one attached hydrogen (secondary N) is 1. The Morgan fingerprint density at radius 3 is 2.88 bits per heavy atom. The third-order valence-electron chi connectivity index (χ3n) is 2.52. The highest BCUT2D eigenvalue weighted by molar-refractivity contribution is 5.92. The van der Waals surface area contributed by atoms with E-state index in [-0.39, 0.29) is 17.4 Å². The van der Waals surface area contributed by atoms with E-state index in [1.807, 2.05) is 13.8 Å². The summed E-state index contributed by atoms with van der Waals surface area (Å²) in [6.45, 7) is 3.85. The topological polar surface area (TPSA) is 52.9 Å². The van der Waals surface area contributed by atoms with Crippen LogP contribution in [0.3, 0.4) is 0 Å². The highest BCUT2D eigenvalue weighted by Gasteiger charge is 2.12. The zero-order valence-corrected chi connectivity index (χ0v) is 9.96. The van der Waals surface area contributed by atoms with Crippen LogP contribution in [-0.4, -0.2) is 5.91 Å². The molecule has 0 radical (unpaired) electrons. The van der Waals surface area contributed by atoms with Gasteiger partial charge in [0.15, 0.2) is 0 Å². The van der Waals surface area contributed by atoms with Gasteiger partial charge in [-0.25, -0.2) is 4.39 Å². The minimum atomic E-state index is -0.577. The van der Waals surface area contributed by atoms with Gasteiger partial charge in [-0.3, -0.25) is 4.79 Å². The summed E-state index contributed by atoms with van der Waals surface area (Å²) in [7, 11) is 0. The zero-order valence-electron chi connectivity index (χ0n) is 9.96. The molecule has 0 aromatic heterocycles. The van der Waals surface area contributed by atoms with Crippen molar-refractivity contribution < 1.29 is 9.18 Å². The standard InChI is InChI=1S/C13H15FN2O/c1-3-4-9(2)13(17)16-11-5-6-12(14)10(7-11)8-15/h5-7,9H,3-4H2,1-2H3,(H,16,17). The van der Waals surface area contributed by atoms with E-state index >= 15 is 0 Å². The Hall–Kier alpha value is -1.89. The summed E-state index contributed by atoms with van der Waals surface area (Å²) in [6, 6.07) is 5.71. The first kappa shape index (κ1) is 13.2. The second kappa shape index (κ2) is 6.00. The molecule has 0 fully saturated rings. The van der Waals surface area contributed by atoms with E-state index in [2.05, 4.69) is 5.32 Å². The number of halogens is 1. The number of amides is 1. The van der Waals surface area contributed by atoms with Crippen LogP contribution in [0.2, 0.25) is 0 Å². The second-order valence-electron chi connectivity index (χ2n) is 3.99. The zero-order chi connectivity index (χ0) is 12.8. The molecular formula is C13H15FN2O. The number of nitrogens with zero attached hydrogens (tertiary/aromatic N) is 1. The van der Waals surface area contributed by atoms with Gasteiger partial charge in [-0.15, -0.1) is 0 Å². The molecule has 0 bridgehead atoms. The lowest BCUT2D eigenvalue weighted by Crippen LogP contribution is -2.20. The third-order valence-corrected chi connectivity index (χ3v) is 2.52. The molecule has 1 aromatic rings. The van der Waals surface area contributed by atoms with Gasteiger partial charge in [-0.05, 0) is 24.6 Å². The van der Waals surface area contributed by atoms with Gasteiger partial charge in [0.1, 0.15) is 11.9 Å². The minimum Gasteiger partial charge on any atom is -0.326 e. The van der Waals surface area contributed by atoms with Crippen molar-refractivity contribution in [2.45, 2.75) is 26.7 Å². The van der Waals surface area contributed by atoms with Crippen molar-refractivity contribution >= 4 is 11.6 Å². The Morgan fingerprint density at radius 2 is 2.29 bits per heavy atom. The van der Waals surface area contributed by atoms with Gasteiger partial charge >= 0.3 is 0 Å². The van der Waals surface area contributed by atoms with Crippen molar-refractivity contribution in [3.8, 4) is 6.07 Å². The molecule has 1 atom stereocenters. The summed E-state index contributed by atoms with van der Waals surface area (Å²) >= 11 is 0. The van der Waals surface area contributed by atoms with Gasteiger partial charge in [0, 0.05) is 11.6 Å². The first-order valence-corrected chi connectivity index (χ1v) is 5.59. The summed E-state index contributed by atoms with van der Waals surface area (Å²) in [5.74, 6) is -0.773. The molecule has 1 rings (SSSR count). The maximum atomic E-state index is 13.1. The van der Waals surface area contributed by atoms with Crippen LogP contribution in [0.4, 0.5) is 10.1 Å². The molecule has 0 saturated heterocycles. The Kier molecular flexibility index (Phi) is 4.65. The first-order chi connectivity index (χ1) is 8.08. The molecule has 3 nitrogen and oxygen atoms in total. The average Bonchev–Trinajstić information content (AvgIpc) is 2.31. The van der Waals surface area contributed by atoms with Gasteiger partial charge in [0.05, 0.1) is 5.56 Å². The monoisotopic (exact) mass is 234 g/mol. The van der Waals surface area contributed by atoms with Gasteiger partial charge in [-0.1, -0.05) is 20.3 Å². The number of carbonyl (C=O) groups is 1. The van der Waals surface area contributed by atoms with Crippen molar-refractivity contribution in [3.63, 3.8) is 0 Å². The summed E-state index contributed by atoms with van der Waals surface area (Å²) in [4.78, 5) is 11.7. The highest BCUT2D eigenvalue weighted by Crippen LogP contribution is 2.15. The highest BCUT2D eigenvalue weighted by atomic mass is 19.1. The lowest BCUT2D eigenvalue weighted by atomic mass is 10.1. The SMILES string of the molecule is CCCC(C)C(=O)Nc1ccc(F)c(C#N)c1. The van der Waals surface area contributed by atoms with Crippen molar-refractivity contribution in [2.24, 2.45) is 5.92 Å². The predicted molar refractivity (Wildman–Crippen MR) is 63.8 cm³/mol. The molecule has 4 heteroatoms. The maximum Gasteiger partial charge on any atom is 0.227 e. The normalized spacial score (nSPS) is 11.6. The Bertz CT molecular complexity index is 451. The van der Waals surface area contributed by atoms with Crippen LogP contribution < -0.4 is 5.32 Å². The summed E-state index contributed by atoms with van der Waals surface area (Å²) in [5.41, 5.74) is 0.391. The maximum absolute atomic E-state index is 13.1. The van der Waals surface area contributed by atoms with E-state index in [4.69, 9.17) is 5.26 Å².